The Kier molecular flexibility index (Phi) is 5.91. The highest BCUT2D eigenvalue weighted by Gasteiger charge is 2.18. The number of nitro benzene ring substituents is 1. The van der Waals surface area contributed by atoms with Gasteiger partial charge in [0.1, 0.15) is 5.76 Å². The standard InChI is InChI=1S/C16H13ClN2O6/c1-10(25-15(20)7-5-12-3-2-8-24-12)16(21)18-14-6-4-11(19(22)23)9-13(14)17/h2-10H,1H3,(H,18,21)/b7-5+/t10-/m0/s1. The predicted molar refractivity (Wildman–Crippen MR) is 90.0 cm³/mol. The first-order chi connectivity index (χ1) is 11.9. The van der Waals surface area contributed by atoms with Crippen molar-refractivity contribution in [3.63, 3.8) is 0 Å². The van der Waals surface area contributed by atoms with Crippen molar-refractivity contribution in [1.82, 2.24) is 0 Å². The summed E-state index contributed by atoms with van der Waals surface area (Å²) in [7, 11) is 0. The van der Waals surface area contributed by atoms with Gasteiger partial charge in [-0.3, -0.25) is 14.9 Å². The van der Waals surface area contributed by atoms with Gasteiger partial charge in [0.2, 0.25) is 0 Å². The Hall–Kier alpha value is -3.13. The molecule has 0 aliphatic heterocycles. The molecule has 0 spiro atoms. The predicted octanol–water partition coefficient (Wildman–Crippen LogP) is 3.42. The Morgan fingerprint density at radius 3 is 2.76 bits per heavy atom. The number of nitro groups is 1. The quantitative estimate of drug-likeness (QED) is 0.364. The second kappa shape index (κ2) is 8.11. The van der Waals surface area contributed by atoms with Gasteiger partial charge < -0.3 is 14.5 Å². The van der Waals surface area contributed by atoms with Crippen LogP contribution in [0.2, 0.25) is 5.02 Å². The van der Waals surface area contributed by atoms with Gasteiger partial charge in [-0.05, 0) is 31.2 Å². The fourth-order valence-corrected chi connectivity index (χ4v) is 1.98. The second-order valence-electron chi connectivity index (χ2n) is 4.84. The zero-order valence-corrected chi connectivity index (χ0v) is 13.7. The number of non-ortho nitro benzene ring substituents is 1. The molecule has 1 N–H and O–H groups in total. The SMILES string of the molecule is C[C@H](OC(=O)/C=C/c1ccco1)C(=O)Nc1ccc([N+](=O)[O-])cc1Cl. The molecule has 1 aromatic carbocycles. The van der Waals surface area contributed by atoms with Gasteiger partial charge in [-0.25, -0.2) is 4.79 Å². The highest BCUT2D eigenvalue weighted by molar-refractivity contribution is 6.34. The van der Waals surface area contributed by atoms with Crippen molar-refractivity contribution < 1.29 is 23.7 Å². The number of ether oxygens (including phenoxy) is 1. The van der Waals surface area contributed by atoms with Crippen LogP contribution in [-0.4, -0.2) is 22.9 Å². The molecule has 8 nitrogen and oxygen atoms in total. The Morgan fingerprint density at radius 2 is 2.16 bits per heavy atom. The number of esters is 1. The van der Waals surface area contributed by atoms with E-state index in [0.29, 0.717) is 5.76 Å². The van der Waals surface area contributed by atoms with Gasteiger partial charge in [-0.1, -0.05) is 11.6 Å². The average Bonchev–Trinajstić information content (AvgIpc) is 3.08. The molecule has 25 heavy (non-hydrogen) atoms. The van der Waals surface area contributed by atoms with E-state index in [0.717, 1.165) is 12.1 Å². The van der Waals surface area contributed by atoms with Crippen LogP contribution in [0.15, 0.2) is 47.1 Å². The van der Waals surface area contributed by atoms with E-state index in [1.54, 1.807) is 12.1 Å². The van der Waals surface area contributed by atoms with E-state index < -0.39 is 22.9 Å². The van der Waals surface area contributed by atoms with Crippen LogP contribution < -0.4 is 5.32 Å². The third-order valence-electron chi connectivity index (χ3n) is 3.01. The molecule has 2 rings (SSSR count). The molecule has 2 aromatic rings. The van der Waals surface area contributed by atoms with Gasteiger partial charge in [0.25, 0.3) is 11.6 Å². The minimum atomic E-state index is -1.10. The molecule has 0 saturated carbocycles. The minimum absolute atomic E-state index is 0.00112. The van der Waals surface area contributed by atoms with Crippen molar-refractivity contribution in [1.29, 1.82) is 0 Å². The summed E-state index contributed by atoms with van der Waals surface area (Å²) >= 11 is 5.89. The van der Waals surface area contributed by atoms with Gasteiger partial charge in [0, 0.05) is 18.2 Å². The molecule has 0 unspecified atom stereocenters. The summed E-state index contributed by atoms with van der Waals surface area (Å²) in [5.74, 6) is -0.893. The number of halogens is 1. The molecule has 130 valence electrons. The number of carbonyl (C=O) groups is 2. The van der Waals surface area contributed by atoms with Gasteiger partial charge in [0.05, 0.1) is 21.9 Å². The number of rotatable bonds is 6. The molecule has 1 atom stereocenters. The van der Waals surface area contributed by atoms with Gasteiger partial charge >= 0.3 is 5.97 Å². The molecule has 1 heterocycles. The molecular weight excluding hydrogens is 352 g/mol. The zero-order valence-electron chi connectivity index (χ0n) is 13.0. The monoisotopic (exact) mass is 364 g/mol. The summed E-state index contributed by atoms with van der Waals surface area (Å²) in [6.45, 7) is 1.38. The number of nitrogens with zero attached hydrogens (tertiary/aromatic N) is 1. The molecule has 1 amide bonds. The number of hydrogen-bond acceptors (Lipinski definition) is 6. The zero-order chi connectivity index (χ0) is 18.4. The topological polar surface area (TPSA) is 112 Å². The van der Waals surface area contributed by atoms with E-state index in [9.17, 15) is 19.7 Å². The van der Waals surface area contributed by atoms with Crippen LogP contribution in [0.25, 0.3) is 6.08 Å². The van der Waals surface area contributed by atoms with Gasteiger partial charge in [-0.2, -0.15) is 0 Å². The maximum atomic E-state index is 12.0. The van der Waals surface area contributed by atoms with Crippen LogP contribution in [0.1, 0.15) is 12.7 Å². The summed E-state index contributed by atoms with van der Waals surface area (Å²) in [4.78, 5) is 33.7. The van der Waals surface area contributed by atoms with Crippen molar-refractivity contribution in [3.05, 3.63) is 63.6 Å². The van der Waals surface area contributed by atoms with Gasteiger partial charge in [0.15, 0.2) is 6.10 Å². The number of benzene rings is 1. The van der Waals surface area contributed by atoms with Gasteiger partial charge in [-0.15, -0.1) is 0 Å². The van der Waals surface area contributed by atoms with Crippen LogP contribution >= 0.6 is 11.6 Å². The normalized spacial score (nSPS) is 11.9. The van der Waals surface area contributed by atoms with E-state index >= 15 is 0 Å². The van der Waals surface area contributed by atoms with E-state index in [-0.39, 0.29) is 16.4 Å². The lowest BCUT2D eigenvalue weighted by atomic mass is 10.2. The van der Waals surface area contributed by atoms with Crippen LogP contribution in [0, 0.1) is 10.1 Å². The second-order valence-corrected chi connectivity index (χ2v) is 5.25. The van der Waals surface area contributed by atoms with Crippen molar-refractivity contribution in [2.45, 2.75) is 13.0 Å². The fourth-order valence-electron chi connectivity index (χ4n) is 1.76. The molecule has 1 aromatic heterocycles. The first kappa shape index (κ1) is 18.2. The van der Waals surface area contributed by atoms with Crippen molar-refractivity contribution in [3.8, 4) is 0 Å². The summed E-state index contributed by atoms with van der Waals surface area (Å²) in [5, 5.41) is 13.1. The third kappa shape index (κ3) is 5.18. The maximum Gasteiger partial charge on any atom is 0.331 e. The van der Waals surface area contributed by atoms with Crippen LogP contribution in [0.4, 0.5) is 11.4 Å². The van der Waals surface area contributed by atoms with Crippen molar-refractivity contribution in [2.75, 3.05) is 5.32 Å². The number of anilines is 1. The Morgan fingerprint density at radius 1 is 1.40 bits per heavy atom. The summed E-state index contributed by atoms with van der Waals surface area (Å²) in [6, 6.07) is 6.92. The first-order valence-electron chi connectivity index (χ1n) is 7.04. The summed E-state index contributed by atoms with van der Waals surface area (Å²) < 4.78 is 9.97. The Bertz CT molecular complexity index is 816. The molecule has 0 aliphatic carbocycles. The first-order valence-corrected chi connectivity index (χ1v) is 7.41. The molecule has 0 radical (unpaired) electrons. The average molecular weight is 365 g/mol. The molecule has 0 bridgehead atoms. The largest absolute Gasteiger partial charge is 0.465 e. The van der Waals surface area contributed by atoms with E-state index in [1.807, 2.05) is 0 Å². The lowest BCUT2D eigenvalue weighted by molar-refractivity contribution is -0.384. The number of nitrogens with one attached hydrogen (secondary N) is 1. The maximum absolute atomic E-state index is 12.0. The van der Waals surface area contributed by atoms with E-state index in [1.165, 1.54) is 31.4 Å². The number of hydrogen-bond donors (Lipinski definition) is 1. The van der Waals surface area contributed by atoms with E-state index in [4.69, 9.17) is 20.8 Å². The van der Waals surface area contributed by atoms with Crippen molar-refractivity contribution in [2.24, 2.45) is 0 Å². The number of amides is 1. The molecular formula is C16H13ClN2O6. The van der Waals surface area contributed by atoms with Crippen LogP contribution in [0.3, 0.4) is 0 Å². The lowest BCUT2D eigenvalue weighted by Crippen LogP contribution is -2.29. The molecule has 0 fully saturated rings. The smallest absolute Gasteiger partial charge is 0.331 e. The molecule has 9 heteroatoms. The Balaban J connectivity index is 1.93. The molecule has 0 saturated heterocycles. The van der Waals surface area contributed by atoms with Crippen molar-refractivity contribution >= 4 is 40.9 Å². The summed E-state index contributed by atoms with van der Waals surface area (Å²) in [6.07, 6.45) is 2.89. The van der Waals surface area contributed by atoms with Crippen LogP contribution in [0.5, 0.6) is 0 Å². The Labute approximate surface area is 147 Å². The molecule has 0 aliphatic rings. The fraction of sp³-hybridized carbons (Fsp3) is 0.125. The van der Waals surface area contributed by atoms with Crippen LogP contribution in [-0.2, 0) is 14.3 Å². The highest BCUT2D eigenvalue weighted by Crippen LogP contribution is 2.26. The van der Waals surface area contributed by atoms with E-state index in [2.05, 4.69) is 5.32 Å². The number of furan rings is 1. The lowest BCUT2D eigenvalue weighted by Gasteiger charge is -2.13. The highest BCUT2D eigenvalue weighted by atomic mass is 35.5. The number of carbonyl (C=O) groups excluding carboxylic acids is 2. The third-order valence-corrected chi connectivity index (χ3v) is 3.32. The summed E-state index contributed by atoms with van der Waals surface area (Å²) in [5.41, 5.74) is -0.0307. The minimum Gasteiger partial charge on any atom is -0.465 e.